The molecular formula is C14H14Cl2N2O2. The summed E-state index contributed by atoms with van der Waals surface area (Å²) < 4.78 is 4.92. The zero-order valence-corrected chi connectivity index (χ0v) is 12.9. The second-order valence-electron chi connectivity index (χ2n) is 4.58. The molecule has 0 aliphatic carbocycles. The highest BCUT2D eigenvalue weighted by atomic mass is 35.5. The molecule has 2 rings (SSSR count). The third kappa shape index (κ3) is 2.97. The molecule has 0 saturated carbocycles. The van der Waals surface area contributed by atoms with Gasteiger partial charge in [0.2, 0.25) is 0 Å². The lowest BCUT2D eigenvalue weighted by molar-refractivity contribution is 0.0732. The van der Waals surface area contributed by atoms with Crippen LogP contribution in [0.5, 0.6) is 0 Å². The molecule has 1 amide bonds. The molecular weight excluding hydrogens is 299 g/mol. The van der Waals surface area contributed by atoms with E-state index in [1.54, 1.807) is 37.1 Å². The van der Waals surface area contributed by atoms with E-state index in [2.05, 4.69) is 5.16 Å². The topological polar surface area (TPSA) is 46.3 Å². The van der Waals surface area contributed by atoms with E-state index in [1.807, 2.05) is 13.0 Å². The van der Waals surface area contributed by atoms with Gasteiger partial charge in [0.05, 0.1) is 6.04 Å². The maximum atomic E-state index is 12.3. The minimum atomic E-state index is -0.222. The summed E-state index contributed by atoms with van der Waals surface area (Å²) in [4.78, 5) is 13.8. The van der Waals surface area contributed by atoms with Crippen molar-refractivity contribution in [1.29, 1.82) is 0 Å². The maximum Gasteiger partial charge on any atom is 0.276 e. The van der Waals surface area contributed by atoms with E-state index in [9.17, 15) is 4.79 Å². The number of nitrogens with zero attached hydrogens (tertiary/aromatic N) is 2. The molecule has 106 valence electrons. The van der Waals surface area contributed by atoms with E-state index in [0.717, 1.165) is 5.56 Å². The number of carbonyl (C=O) groups excluding carboxylic acids is 1. The van der Waals surface area contributed by atoms with Gasteiger partial charge in [0.15, 0.2) is 5.69 Å². The van der Waals surface area contributed by atoms with Crippen LogP contribution in [0.15, 0.2) is 28.8 Å². The molecule has 6 heteroatoms. The Labute approximate surface area is 127 Å². The highest BCUT2D eigenvalue weighted by Crippen LogP contribution is 2.29. The molecule has 1 aromatic carbocycles. The van der Waals surface area contributed by atoms with E-state index in [0.29, 0.717) is 15.8 Å². The normalized spacial score (nSPS) is 12.2. The molecule has 0 saturated heterocycles. The molecule has 0 aliphatic heterocycles. The van der Waals surface area contributed by atoms with Crippen LogP contribution in [0, 0.1) is 6.92 Å². The molecule has 1 aromatic heterocycles. The van der Waals surface area contributed by atoms with Gasteiger partial charge in [-0.25, -0.2) is 0 Å². The third-order valence-corrected chi connectivity index (χ3v) is 3.72. The fourth-order valence-corrected chi connectivity index (χ4v) is 2.44. The number of hydrogen-bond acceptors (Lipinski definition) is 3. The minimum Gasteiger partial charge on any atom is -0.361 e. The molecule has 0 aliphatic rings. The Hall–Kier alpha value is -1.52. The zero-order valence-electron chi connectivity index (χ0n) is 11.4. The SMILES string of the molecule is Cc1cc(C(=O)N(C)[C@@H](C)c2ccc(Cl)cc2Cl)no1. The van der Waals surface area contributed by atoms with E-state index in [-0.39, 0.29) is 17.6 Å². The van der Waals surface area contributed by atoms with Crippen LogP contribution >= 0.6 is 23.2 Å². The lowest BCUT2D eigenvalue weighted by Crippen LogP contribution is -2.30. The van der Waals surface area contributed by atoms with Gasteiger partial charge in [0.1, 0.15) is 5.76 Å². The molecule has 0 radical (unpaired) electrons. The van der Waals surface area contributed by atoms with Gasteiger partial charge in [-0.1, -0.05) is 34.4 Å². The average Bonchev–Trinajstić information content (AvgIpc) is 2.83. The Balaban J connectivity index is 2.24. The summed E-state index contributed by atoms with van der Waals surface area (Å²) in [6.45, 7) is 3.63. The van der Waals surface area contributed by atoms with Crippen LogP contribution in [0.3, 0.4) is 0 Å². The van der Waals surface area contributed by atoms with Crippen molar-refractivity contribution in [3.8, 4) is 0 Å². The summed E-state index contributed by atoms with van der Waals surface area (Å²) in [5, 5.41) is 4.82. The Kier molecular flexibility index (Phi) is 4.35. The number of halogens is 2. The van der Waals surface area contributed by atoms with Crippen molar-refractivity contribution in [3.63, 3.8) is 0 Å². The largest absolute Gasteiger partial charge is 0.361 e. The predicted octanol–water partition coefficient (Wildman–Crippen LogP) is 4.12. The van der Waals surface area contributed by atoms with E-state index >= 15 is 0 Å². The van der Waals surface area contributed by atoms with Crippen LogP contribution in [-0.2, 0) is 0 Å². The van der Waals surface area contributed by atoms with Gasteiger partial charge >= 0.3 is 0 Å². The van der Waals surface area contributed by atoms with Crippen molar-refractivity contribution >= 4 is 29.1 Å². The highest BCUT2D eigenvalue weighted by Gasteiger charge is 2.23. The molecule has 0 N–H and O–H groups in total. The molecule has 20 heavy (non-hydrogen) atoms. The number of hydrogen-bond donors (Lipinski definition) is 0. The lowest BCUT2D eigenvalue weighted by atomic mass is 10.1. The number of aryl methyl sites for hydroxylation is 1. The number of benzene rings is 1. The van der Waals surface area contributed by atoms with Crippen LogP contribution in [-0.4, -0.2) is 23.0 Å². The summed E-state index contributed by atoms with van der Waals surface area (Å²) in [6.07, 6.45) is 0. The monoisotopic (exact) mass is 312 g/mol. The van der Waals surface area contributed by atoms with E-state index in [4.69, 9.17) is 27.7 Å². The summed E-state index contributed by atoms with van der Waals surface area (Å²) >= 11 is 12.0. The summed E-state index contributed by atoms with van der Waals surface area (Å²) in [5.41, 5.74) is 1.11. The van der Waals surface area contributed by atoms with Gasteiger partial charge in [-0.05, 0) is 31.5 Å². The third-order valence-electron chi connectivity index (χ3n) is 3.16. The molecule has 0 bridgehead atoms. The van der Waals surface area contributed by atoms with Crippen molar-refractivity contribution in [2.45, 2.75) is 19.9 Å². The van der Waals surface area contributed by atoms with Crippen LogP contribution in [0.4, 0.5) is 0 Å². The first-order valence-electron chi connectivity index (χ1n) is 6.05. The van der Waals surface area contributed by atoms with Gasteiger partial charge in [-0.2, -0.15) is 0 Å². The molecule has 0 fully saturated rings. The highest BCUT2D eigenvalue weighted by molar-refractivity contribution is 6.35. The van der Waals surface area contributed by atoms with Crippen LogP contribution in [0.2, 0.25) is 10.0 Å². The number of carbonyl (C=O) groups is 1. The fourth-order valence-electron chi connectivity index (χ4n) is 1.87. The van der Waals surface area contributed by atoms with Gasteiger partial charge in [0, 0.05) is 23.2 Å². The molecule has 1 atom stereocenters. The van der Waals surface area contributed by atoms with Crippen molar-refractivity contribution in [2.24, 2.45) is 0 Å². The van der Waals surface area contributed by atoms with Crippen molar-refractivity contribution in [1.82, 2.24) is 10.1 Å². The number of amides is 1. The average molecular weight is 313 g/mol. The first-order chi connectivity index (χ1) is 9.40. The second kappa shape index (κ2) is 5.85. The van der Waals surface area contributed by atoms with Crippen molar-refractivity contribution < 1.29 is 9.32 Å². The van der Waals surface area contributed by atoms with Crippen LogP contribution < -0.4 is 0 Å². The zero-order chi connectivity index (χ0) is 14.9. The molecule has 1 heterocycles. The Bertz CT molecular complexity index is 640. The predicted molar refractivity (Wildman–Crippen MR) is 78.2 cm³/mol. The Morgan fingerprint density at radius 1 is 1.35 bits per heavy atom. The van der Waals surface area contributed by atoms with Crippen LogP contribution in [0.25, 0.3) is 0 Å². The first kappa shape index (κ1) is 14.9. The second-order valence-corrected chi connectivity index (χ2v) is 5.42. The molecule has 0 spiro atoms. The molecule has 0 unspecified atom stereocenters. The van der Waals surface area contributed by atoms with Crippen molar-refractivity contribution in [3.05, 3.63) is 51.3 Å². The van der Waals surface area contributed by atoms with Gasteiger partial charge in [-0.3, -0.25) is 4.79 Å². The minimum absolute atomic E-state index is 0.204. The molecule has 4 nitrogen and oxygen atoms in total. The summed E-state index contributed by atoms with van der Waals surface area (Å²) in [7, 11) is 1.70. The van der Waals surface area contributed by atoms with E-state index < -0.39 is 0 Å². The Morgan fingerprint density at radius 2 is 2.05 bits per heavy atom. The van der Waals surface area contributed by atoms with Gasteiger partial charge in [0.25, 0.3) is 5.91 Å². The van der Waals surface area contributed by atoms with Crippen molar-refractivity contribution in [2.75, 3.05) is 7.05 Å². The molecule has 2 aromatic rings. The first-order valence-corrected chi connectivity index (χ1v) is 6.81. The summed E-state index contributed by atoms with van der Waals surface area (Å²) in [6, 6.07) is 6.62. The number of aromatic nitrogens is 1. The Morgan fingerprint density at radius 3 is 2.60 bits per heavy atom. The standard InChI is InChI=1S/C14H14Cl2N2O2/c1-8-6-13(17-20-8)14(19)18(3)9(2)11-5-4-10(15)7-12(11)16/h4-7,9H,1-3H3/t9-/m0/s1. The van der Waals surface area contributed by atoms with Crippen LogP contribution in [0.1, 0.15) is 34.8 Å². The fraction of sp³-hybridized carbons (Fsp3) is 0.286. The number of rotatable bonds is 3. The van der Waals surface area contributed by atoms with Gasteiger partial charge in [-0.15, -0.1) is 0 Å². The smallest absolute Gasteiger partial charge is 0.276 e. The summed E-state index contributed by atoms with van der Waals surface area (Å²) in [5.74, 6) is 0.374. The van der Waals surface area contributed by atoms with Gasteiger partial charge < -0.3 is 9.42 Å². The lowest BCUT2D eigenvalue weighted by Gasteiger charge is -2.25. The van der Waals surface area contributed by atoms with E-state index in [1.165, 1.54) is 0 Å². The maximum absolute atomic E-state index is 12.3. The quantitative estimate of drug-likeness (QED) is 0.856.